The topological polar surface area (TPSA) is 71.8 Å². The molecule has 1 saturated heterocycles. The zero-order chi connectivity index (χ0) is 15.4. The minimum atomic E-state index is -0.458. The summed E-state index contributed by atoms with van der Waals surface area (Å²) < 4.78 is 15.4. The molecule has 0 spiro atoms. The molecule has 6 nitrogen and oxygen atoms in total. The van der Waals surface area contributed by atoms with Gasteiger partial charge in [-0.3, -0.25) is 4.79 Å². The molecule has 1 fully saturated rings. The number of halogens is 2. The zero-order valence-electron chi connectivity index (χ0n) is 12.5. The summed E-state index contributed by atoms with van der Waals surface area (Å²) >= 11 is 0. The fourth-order valence-electron chi connectivity index (χ4n) is 2.63. The van der Waals surface area contributed by atoms with E-state index in [1.54, 1.807) is 12.1 Å². The second-order valence-corrected chi connectivity index (χ2v) is 5.39. The average molecular weight is 340 g/mol. The number of amides is 1. The summed E-state index contributed by atoms with van der Waals surface area (Å²) in [6, 6.07) is 4.95. The Labute approximate surface area is 139 Å². The van der Waals surface area contributed by atoms with Crippen LogP contribution in [0.25, 0.3) is 5.69 Å². The number of hydrogen-bond donors (Lipinski definition) is 2. The van der Waals surface area contributed by atoms with Gasteiger partial charge in [-0.05, 0) is 44.0 Å². The molecule has 1 aliphatic heterocycles. The van der Waals surface area contributed by atoms with Gasteiger partial charge in [0.15, 0.2) is 5.82 Å². The lowest BCUT2D eigenvalue weighted by atomic mass is 10.1. The molecule has 2 aromatic rings. The zero-order valence-corrected chi connectivity index (χ0v) is 13.4. The minimum absolute atomic E-state index is 0. The van der Waals surface area contributed by atoms with Crippen LogP contribution in [0.4, 0.5) is 10.1 Å². The van der Waals surface area contributed by atoms with Crippen LogP contribution in [0.2, 0.25) is 0 Å². The van der Waals surface area contributed by atoms with Crippen LogP contribution in [-0.2, 0) is 4.79 Å². The van der Waals surface area contributed by atoms with E-state index in [0.717, 1.165) is 19.4 Å². The number of nitrogens with zero attached hydrogens (tertiary/aromatic N) is 3. The smallest absolute Gasteiger partial charge is 0.224 e. The Kier molecular flexibility index (Phi) is 6.06. The first kappa shape index (κ1) is 17.4. The summed E-state index contributed by atoms with van der Waals surface area (Å²) in [5.74, 6) is -0.553. The first-order valence-electron chi connectivity index (χ1n) is 7.40. The molecule has 1 atom stereocenters. The molecule has 0 radical (unpaired) electrons. The van der Waals surface area contributed by atoms with E-state index in [2.05, 4.69) is 20.7 Å². The van der Waals surface area contributed by atoms with Crippen molar-refractivity contribution in [3.63, 3.8) is 0 Å². The summed E-state index contributed by atoms with van der Waals surface area (Å²) in [5.41, 5.74) is 0.747. The van der Waals surface area contributed by atoms with Crippen LogP contribution in [0.1, 0.15) is 25.7 Å². The summed E-state index contributed by atoms with van der Waals surface area (Å²) in [7, 11) is 0. The predicted molar refractivity (Wildman–Crippen MR) is 87.5 cm³/mol. The number of hydrogen-bond acceptors (Lipinski definition) is 4. The molecule has 8 heteroatoms. The van der Waals surface area contributed by atoms with Gasteiger partial charge in [0, 0.05) is 18.2 Å². The first-order valence-corrected chi connectivity index (χ1v) is 7.40. The van der Waals surface area contributed by atoms with E-state index in [9.17, 15) is 9.18 Å². The Balaban J connectivity index is 0.00000192. The number of carbonyl (C=O) groups is 1. The van der Waals surface area contributed by atoms with Crippen molar-refractivity contribution >= 4 is 24.0 Å². The summed E-state index contributed by atoms with van der Waals surface area (Å²) in [5, 5.41) is 9.96. The monoisotopic (exact) mass is 339 g/mol. The molecule has 1 unspecified atom stereocenters. The predicted octanol–water partition coefficient (Wildman–Crippen LogP) is 2.30. The van der Waals surface area contributed by atoms with Crippen molar-refractivity contribution in [1.82, 2.24) is 20.1 Å². The van der Waals surface area contributed by atoms with Crippen molar-refractivity contribution < 1.29 is 9.18 Å². The lowest BCUT2D eigenvalue weighted by Gasteiger charge is -2.11. The summed E-state index contributed by atoms with van der Waals surface area (Å²) in [4.78, 5) is 15.7. The highest BCUT2D eigenvalue weighted by Gasteiger charge is 2.15. The van der Waals surface area contributed by atoms with Crippen molar-refractivity contribution in [2.75, 3.05) is 11.9 Å². The van der Waals surface area contributed by atoms with E-state index in [-0.39, 0.29) is 18.3 Å². The van der Waals surface area contributed by atoms with E-state index in [4.69, 9.17) is 0 Å². The van der Waals surface area contributed by atoms with Crippen LogP contribution < -0.4 is 10.6 Å². The number of anilines is 1. The van der Waals surface area contributed by atoms with E-state index in [1.165, 1.54) is 29.8 Å². The maximum Gasteiger partial charge on any atom is 0.224 e. The van der Waals surface area contributed by atoms with Gasteiger partial charge in [-0.15, -0.1) is 12.4 Å². The van der Waals surface area contributed by atoms with Gasteiger partial charge in [0.05, 0.1) is 0 Å². The van der Waals surface area contributed by atoms with Gasteiger partial charge < -0.3 is 10.6 Å². The fraction of sp³-hybridized carbons (Fsp3) is 0.400. The van der Waals surface area contributed by atoms with Crippen LogP contribution in [0.15, 0.2) is 30.9 Å². The third kappa shape index (κ3) is 4.49. The van der Waals surface area contributed by atoms with Crippen molar-refractivity contribution in [2.24, 2.45) is 0 Å². The molecule has 23 heavy (non-hydrogen) atoms. The molecule has 1 amide bonds. The van der Waals surface area contributed by atoms with Gasteiger partial charge in [-0.2, -0.15) is 5.10 Å². The lowest BCUT2D eigenvalue weighted by molar-refractivity contribution is -0.116. The highest BCUT2D eigenvalue weighted by Crippen LogP contribution is 2.18. The highest BCUT2D eigenvalue weighted by atomic mass is 35.5. The number of carbonyl (C=O) groups excluding carboxylic acids is 1. The van der Waals surface area contributed by atoms with Crippen LogP contribution in [0, 0.1) is 5.82 Å². The molecule has 0 saturated carbocycles. The SMILES string of the molecule is Cl.O=C(CCC1CCCN1)Nc1ccc(-n2cncn2)c(F)c1. The van der Waals surface area contributed by atoms with Crippen LogP contribution in [0.5, 0.6) is 0 Å². The number of benzene rings is 1. The lowest BCUT2D eigenvalue weighted by Crippen LogP contribution is -2.23. The number of nitrogens with one attached hydrogen (secondary N) is 2. The number of aromatic nitrogens is 3. The summed E-state index contributed by atoms with van der Waals surface area (Å²) in [6.45, 7) is 1.03. The van der Waals surface area contributed by atoms with E-state index in [1.807, 2.05) is 0 Å². The normalized spacial score (nSPS) is 16.8. The Morgan fingerprint density at radius 3 is 3.00 bits per heavy atom. The molecule has 1 aromatic carbocycles. The van der Waals surface area contributed by atoms with E-state index in [0.29, 0.717) is 23.8 Å². The highest BCUT2D eigenvalue weighted by molar-refractivity contribution is 5.90. The maximum absolute atomic E-state index is 14.0. The minimum Gasteiger partial charge on any atom is -0.326 e. The molecule has 2 heterocycles. The average Bonchev–Trinajstić information content (AvgIpc) is 3.19. The third-order valence-corrected chi connectivity index (χ3v) is 3.78. The molecular weight excluding hydrogens is 321 g/mol. The van der Waals surface area contributed by atoms with Gasteiger partial charge >= 0.3 is 0 Å². The molecule has 1 aliphatic rings. The van der Waals surface area contributed by atoms with Gasteiger partial charge in [0.25, 0.3) is 0 Å². The second-order valence-electron chi connectivity index (χ2n) is 5.39. The van der Waals surface area contributed by atoms with Crippen molar-refractivity contribution in [3.8, 4) is 5.69 Å². The Hall–Kier alpha value is -1.99. The number of rotatable bonds is 5. The van der Waals surface area contributed by atoms with Gasteiger partial charge in [-0.25, -0.2) is 14.1 Å². The maximum atomic E-state index is 14.0. The summed E-state index contributed by atoms with van der Waals surface area (Å²) in [6.07, 6.45) is 6.29. The molecule has 1 aromatic heterocycles. The van der Waals surface area contributed by atoms with Crippen molar-refractivity contribution in [3.05, 3.63) is 36.7 Å². The van der Waals surface area contributed by atoms with E-state index >= 15 is 0 Å². The molecule has 3 rings (SSSR count). The van der Waals surface area contributed by atoms with Crippen LogP contribution >= 0.6 is 12.4 Å². The van der Waals surface area contributed by atoms with E-state index < -0.39 is 5.82 Å². The standard InChI is InChI=1S/C15H18FN5O.ClH/c16-13-8-12(3-5-14(13)21-10-17-9-19-21)20-15(22)6-4-11-2-1-7-18-11;/h3,5,8-11,18H,1-2,4,6-7H2,(H,20,22);1H. The van der Waals surface area contributed by atoms with Gasteiger partial charge in [0.1, 0.15) is 18.3 Å². The first-order chi connectivity index (χ1) is 10.7. The molecule has 0 bridgehead atoms. The Bertz CT molecular complexity index is 643. The van der Waals surface area contributed by atoms with Gasteiger partial charge in [-0.1, -0.05) is 0 Å². The van der Waals surface area contributed by atoms with Gasteiger partial charge in [0.2, 0.25) is 5.91 Å². The Morgan fingerprint density at radius 2 is 2.35 bits per heavy atom. The molecule has 124 valence electrons. The third-order valence-electron chi connectivity index (χ3n) is 3.78. The largest absolute Gasteiger partial charge is 0.326 e. The van der Waals surface area contributed by atoms with Crippen LogP contribution in [-0.4, -0.2) is 33.3 Å². The molecule has 2 N–H and O–H groups in total. The van der Waals surface area contributed by atoms with Crippen molar-refractivity contribution in [2.45, 2.75) is 31.7 Å². The Morgan fingerprint density at radius 1 is 1.48 bits per heavy atom. The molecular formula is C15H19ClFN5O. The quantitative estimate of drug-likeness (QED) is 0.876. The van der Waals surface area contributed by atoms with Crippen molar-refractivity contribution in [1.29, 1.82) is 0 Å². The van der Waals surface area contributed by atoms with Crippen LogP contribution in [0.3, 0.4) is 0 Å². The molecule has 0 aliphatic carbocycles. The second kappa shape index (κ2) is 8.03. The fourth-order valence-corrected chi connectivity index (χ4v) is 2.63.